The second-order valence-electron chi connectivity index (χ2n) is 2.90. The number of aliphatic hydroxyl groups is 1. The quantitative estimate of drug-likeness (QED) is 0.827. The van der Waals surface area contributed by atoms with Crippen molar-refractivity contribution in [2.24, 2.45) is 0 Å². The Morgan fingerprint density at radius 2 is 2.12 bits per heavy atom. The molecule has 1 unspecified atom stereocenters. The first-order valence-electron chi connectivity index (χ1n) is 4.30. The number of hydrogen-bond donors (Lipinski definition) is 1. The molecule has 88 valence electrons. The Kier molecular flexibility index (Phi) is 4.09. The summed E-state index contributed by atoms with van der Waals surface area (Å²) in [6.45, 7) is 0. The maximum Gasteiger partial charge on any atom is 0.339 e. The van der Waals surface area contributed by atoms with E-state index in [0.29, 0.717) is 0 Å². The monoisotopic (exact) mass is 248 g/mol. The van der Waals surface area contributed by atoms with Crippen molar-refractivity contribution in [1.29, 1.82) is 0 Å². The molecule has 0 amide bonds. The number of halogens is 2. The van der Waals surface area contributed by atoms with E-state index >= 15 is 0 Å². The Bertz CT molecular complexity index is 408. The third-order valence-electron chi connectivity index (χ3n) is 2.01. The summed E-state index contributed by atoms with van der Waals surface area (Å²) in [6.07, 6.45) is -1.77. The van der Waals surface area contributed by atoms with Gasteiger partial charge in [-0.2, -0.15) is 0 Å². The number of hydrogen-bond acceptors (Lipinski definition) is 4. The minimum atomic E-state index is -1.77. The second kappa shape index (κ2) is 5.14. The van der Waals surface area contributed by atoms with Crippen LogP contribution in [0.25, 0.3) is 0 Å². The zero-order valence-electron chi connectivity index (χ0n) is 8.66. The summed E-state index contributed by atoms with van der Waals surface area (Å²) in [5.74, 6) is -1.98. The molecule has 0 saturated heterocycles. The van der Waals surface area contributed by atoms with Crippen LogP contribution in [0.4, 0.5) is 4.39 Å². The maximum absolute atomic E-state index is 13.7. The van der Waals surface area contributed by atoms with Crippen LogP contribution in [0.2, 0.25) is 5.02 Å². The molecule has 1 aromatic rings. The van der Waals surface area contributed by atoms with Gasteiger partial charge in [0.05, 0.1) is 19.2 Å². The molecule has 1 N–H and O–H groups in total. The molecular weight excluding hydrogens is 239 g/mol. The SMILES string of the molecule is COC(=O)C(O)c1c(Cl)ccc(OC)c1F. The Morgan fingerprint density at radius 3 is 2.62 bits per heavy atom. The van der Waals surface area contributed by atoms with E-state index < -0.39 is 17.9 Å². The minimum Gasteiger partial charge on any atom is -0.494 e. The largest absolute Gasteiger partial charge is 0.494 e. The molecule has 0 saturated carbocycles. The molecule has 0 aliphatic heterocycles. The average Bonchev–Trinajstić information content (AvgIpc) is 2.28. The highest BCUT2D eigenvalue weighted by molar-refractivity contribution is 6.31. The van der Waals surface area contributed by atoms with Gasteiger partial charge >= 0.3 is 5.97 Å². The van der Waals surface area contributed by atoms with Crippen molar-refractivity contribution in [1.82, 2.24) is 0 Å². The highest BCUT2D eigenvalue weighted by Crippen LogP contribution is 2.32. The fourth-order valence-electron chi connectivity index (χ4n) is 1.19. The van der Waals surface area contributed by atoms with Gasteiger partial charge in [0.1, 0.15) is 0 Å². The van der Waals surface area contributed by atoms with Crippen LogP contribution in [0.1, 0.15) is 11.7 Å². The predicted molar refractivity (Wildman–Crippen MR) is 54.9 cm³/mol. The van der Waals surface area contributed by atoms with Crippen LogP contribution < -0.4 is 4.74 Å². The van der Waals surface area contributed by atoms with Crippen molar-refractivity contribution in [2.75, 3.05) is 14.2 Å². The average molecular weight is 249 g/mol. The fourth-order valence-corrected chi connectivity index (χ4v) is 1.44. The highest BCUT2D eigenvalue weighted by Gasteiger charge is 2.26. The van der Waals surface area contributed by atoms with Gasteiger partial charge in [0.2, 0.25) is 0 Å². The van der Waals surface area contributed by atoms with Gasteiger partial charge in [0, 0.05) is 5.56 Å². The Balaban J connectivity index is 3.26. The van der Waals surface area contributed by atoms with Crippen LogP contribution >= 0.6 is 11.6 Å². The Hall–Kier alpha value is -1.33. The molecule has 4 nitrogen and oxygen atoms in total. The first-order chi connectivity index (χ1) is 7.52. The summed E-state index contributed by atoms with van der Waals surface area (Å²) in [7, 11) is 2.35. The number of methoxy groups -OCH3 is 2. The van der Waals surface area contributed by atoms with Gasteiger partial charge in [-0.1, -0.05) is 11.6 Å². The molecule has 0 radical (unpaired) electrons. The van der Waals surface area contributed by atoms with E-state index in [4.69, 9.17) is 16.3 Å². The molecule has 0 spiro atoms. The summed E-state index contributed by atoms with van der Waals surface area (Å²) in [5, 5.41) is 9.44. The number of ether oxygens (including phenoxy) is 2. The molecule has 0 aromatic heterocycles. The van der Waals surface area contributed by atoms with Gasteiger partial charge in [0.15, 0.2) is 17.7 Å². The fraction of sp³-hybridized carbons (Fsp3) is 0.300. The molecule has 0 fully saturated rings. The maximum atomic E-state index is 13.7. The molecule has 6 heteroatoms. The molecule has 16 heavy (non-hydrogen) atoms. The third kappa shape index (κ3) is 2.25. The van der Waals surface area contributed by atoms with Crippen molar-refractivity contribution < 1.29 is 23.8 Å². The lowest BCUT2D eigenvalue weighted by molar-refractivity contribution is -0.150. The number of carbonyl (C=O) groups excluding carboxylic acids is 1. The van der Waals surface area contributed by atoms with E-state index in [1.807, 2.05) is 0 Å². The first-order valence-corrected chi connectivity index (χ1v) is 4.68. The van der Waals surface area contributed by atoms with Crippen molar-refractivity contribution in [3.63, 3.8) is 0 Å². The minimum absolute atomic E-state index is 0.0730. The molecule has 0 bridgehead atoms. The van der Waals surface area contributed by atoms with Gasteiger partial charge < -0.3 is 14.6 Å². The topological polar surface area (TPSA) is 55.8 Å². The lowest BCUT2D eigenvalue weighted by Gasteiger charge is -2.13. The first kappa shape index (κ1) is 12.7. The summed E-state index contributed by atoms with van der Waals surface area (Å²) in [4.78, 5) is 11.1. The summed E-state index contributed by atoms with van der Waals surface area (Å²) in [5.41, 5.74) is -0.354. The molecule has 1 rings (SSSR count). The molecule has 0 aliphatic rings. The summed E-state index contributed by atoms with van der Waals surface area (Å²) < 4.78 is 22.7. The molecule has 0 aliphatic carbocycles. The van der Waals surface area contributed by atoms with E-state index in [1.54, 1.807) is 0 Å². The van der Waals surface area contributed by atoms with Crippen molar-refractivity contribution >= 4 is 17.6 Å². The summed E-state index contributed by atoms with van der Waals surface area (Å²) in [6, 6.07) is 2.62. The van der Waals surface area contributed by atoms with Crippen LogP contribution in [0, 0.1) is 5.82 Å². The lowest BCUT2D eigenvalue weighted by Crippen LogP contribution is -2.15. The van der Waals surface area contributed by atoms with Crippen LogP contribution in [-0.2, 0) is 9.53 Å². The zero-order valence-corrected chi connectivity index (χ0v) is 9.42. The van der Waals surface area contributed by atoms with Crippen LogP contribution in [0.5, 0.6) is 5.75 Å². The van der Waals surface area contributed by atoms with E-state index in [9.17, 15) is 14.3 Å². The summed E-state index contributed by atoms with van der Waals surface area (Å²) >= 11 is 5.69. The highest BCUT2D eigenvalue weighted by atomic mass is 35.5. The number of aliphatic hydroxyl groups excluding tert-OH is 1. The van der Waals surface area contributed by atoms with E-state index in [1.165, 1.54) is 19.2 Å². The van der Waals surface area contributed by atoms with Gasteiger partial charge in [-0.25, -0.2) is 9.18 Å². The van der Waals surface area contributed by atoms with E-state index in [-0.39, 0.29) is 16.3 Å². The predicted octanol–water partition coefficient (Wildman–Crippen LogP) is 1.69. The van der Waals surface area contributed by atoms with Crippen LogP contribution in [0.15, 0.2) is 12.1 Å². The van der Waals surface area contributed by atoms with Crippen molar-refractivity contribution in [3.8, 4) is 5.75 Å². The molecule has 1 atom stereocenters. The number of carbonyl (C=O) groups is 1. The standard InChI is InChI=1S/C10H10ClFO4/c1-15-6-4-3-5(11)7(8(6)12)9(13)10(14)16-2/h3-4,9,13H,1-2H3. The van der Waals surface area contributed by atoms with Gasteiger partial charge in [-0.3, -0.25) is 0 Å². The second-order valence-corrected chi connectivity index (χ2v) is 3.31. The number of benzene rings is 1. The smallest absolute Gasteiger partial charge is 0.339 e. The lowest BCUT2D eigenvalue weighted by atomic mass is 10.1. The Morgan fingerprint density at radius 1 is 1.50 bits per heavy atom. The van der Waals surface area contributed by atoms with Crippen molar-refractivity contribution in [3.05, 3.63) is 28.5 Å². The van der Waals surface area contributed by atoms with Crippen LogP contribution in [0.3, 0.4) is 0 Å². The van der Waals surface area contributed by atoms with Gasteiger partial charge in [-0.15, -0.1) is 0 Å². The Labute approximate surface area is 96.5 Å². The van der Waals surface area contributed by atoms with Gasteiger partial charge in [-0.05, 0) is 12.1 Å². The number of rotatable bonds is 3. The third-order valence-corrected chi connectivity index (χ3v) is 2.34. The van der Waals surface area contributed by atoms with Crippen molar-refractivity contribution in [2.45, 2.75) is 6.10 Å². The molecular formula is C10H10ClFO4. The van der Waals surface area contributed by atoms with E-state index in [2.05, 4.69) is 4.74 Å². The number of esters is 1. The molecule has 1 aromatic carbocycles. The normalized spacial score (nSPS) is 12.1. The van der Waals surface area contributed by atoms with E-state index in [0.717, 1.165) is 7.11 Å². The van der Waals surface area contributed by atoms with Crippen LogP contribution in [-0.4, -0.2) is 25.3 Å². The van der Waals surface area contributed by atoms with Gasteiger partial charge in [0.25, 0.3) is 0 Å². The molecule has 0 heterocycles. The zero-order chi connectivity index (χ0) is 12.3.